The summed E-state index contributed by atoms with van der Waals surface area (Å²) >= 11 is 9.48. The van der Waals surface area contributed by atoms with Crippen LogP contribution in [0.25, 0.3) is 0 Å². The van der Waals surface area contributed by atoms with Gasteiger partial charge >= 0.3 is 11.9 Å². The lowest BCUT2D eigenvalue weighted by atomic mass is 10.0. The van der Waals surface area contributed by atoms with E-state index in [-0.39, 0.29) is 43.2 Å². The number of thioether (sulfide) groups is 1. The summed E-state index contributed by atoms with van der Waals surface area (Å²) in [5, 5.41) is 55.6. The molecule has 0 aromatic heterocycles. The number of benzene rings is 1. The van der Waals surface area contributed by atoms with E-state index < -0.39 is 127 Å². The van der Waals surface area contributed by atoms with Gasteiger partial charge in [0.25, 0.3) is 0 Å². The molecule has 0 heterocycles. The van der Waals surface area contributed by atoms with Crippen molar-refractivity contribution in [1.29, 1.82) is 0 Å². The lowest BCUT2D eigenvalue weighted by molar-refractivity contribution is -0.141. The van der Waals surface area contributed by atoms with Gasteiger partial charge in [-0.15, -0.1) is 0 Å². The Morgan fingerprint density at radius 2 is 1.06 bits per heavy atom. The molecule has 22 nitrogen and oxygen atoms in total. The molecule has 64 heavy (non-hydrogen) atoms. The SMILES string of the molecule is CSCC[C@H](NC(=O)[C@@H](N)C(C)C)C(=O)N[C@@H](CCCCN)C(=O)N[C@@H](CO)C(=O)N[C@@H](CS)C(=O)N[C@@H](CCC(=O)O)C(=O)N[C@@H](Cc1ccc(O)cc1)C(=O)N[C@@H](CS)C(=O)O. The largest absolute Gasteiger partial charge is 0.508 e. The van der Waals surface area contributed by atoms with Crippen LogP contribution in [-0.4, -0.2) is 159 Å². The quantitative estimate of drug-likeness (QED) is 0.0260. The number of phenols is 1. The van der Waals surface area contributed by atoms with Crippen molar-refractivity contribution in [3.05, 3.63) is 29.8 Å². The number of amides is 7. The maximum absolute atomic E-state index is 13.7. The second-order valence-corrected chi connectivity index (χ2v) is 16.7. The van der Waals surface area contributed by atoms with Crippen LogP contribution in [0.15, 0.2) is 24.3 Å². The molecule has 0 fully saturated rings. The summed E-state index contributed by atoms with van der Waals surface area (Å²) < 4.78 is 0. The fourth-order valence-corrected chi connectivity index (χ4v) is 6.63. The zero-order valence-electron chi connectivity index (χ0n) is 35.9. The predicted molar refractivity (Wildman–Crippen MR) is 243 cm³/mol. The van der Waals surface area contributed by atoms with E-state index in [2.05, 4.69) is 62.5 Å². The van der Waals surface area contributed by atoms with Gasteiger partial charge in [0, 0.05) is 24.3 Å². The molecule has 25 heteroatoms. The standard InChI is InChI=1S/C39H63N9O13S3/c1-20(2)31(41)38(59)44-25(13-15-64-3)34(55)42-23(6-4-5-14-40)32(53)46-27(17-49)36(57)47-28(18-62)37(58)43-24(11-12-30(51)52)33(54)45-26(16-21-7-9-22(50)10-8-21)35(56)48-29(19-63)39(60)61/h7-10,20,23-29,31,49-50,62-63H,4-6,11-19,40-41H2,1-3H3,(H,42,55)(H,43,58)(H,44,59)(H,45,54)(H,46,53)(H,47,57)(H,48,56)(H,51,52)(H,60,61)/t23-,24-,25-,26-,27-,28-,29-,31-/m0/s1. The van der Waals surface area contributed by atoms with Crippen molar-refractivity contribution in [2.45, 2.75) is 107 Å². The van der Waals surface area contributed by atoms with Crippen molar-refractivity contribution in [1.82, 2.24) is 37.2 Å². The van der Waals surface area contributed by atoms with Gasteiger partial charge in [-0.1, -0.05) is 26.0 Å². The number of carbonyl (C=O) groups is 9. The van der Waals surface area contributed by atoms with Crippen molar-refractivity contribution in [3.8, 4) is 5.75 Å². The monoisotopic (exact) mass is 961 g/mol. The van der Waals surface area contributed by atoms with Crippen LogP contribution in [0, 0.1) is 5.92 Å². The molecule has 1 aromatic rings. The summed E-state index contributed by atoms with van der Waals surface area (Å²) in [4.78, 5) is 117. The number of aromatic hydroxyl groups is 1. The van der Waals surface area contributed by atoms with E-state index in [9.17, 15) is 63.6 Å². The van der Waals surface area contributed by atoms with Gasteiger partial charge in [-0.3, -0.25) is 38.4 Å². The minimum atomic E-state index is -1.69. The number of phenolic OH excluding ortho intramolecular Hbond substituents is 1. The van der Waals surface area contributed by atoms with Gasteiger partial charge in [0.1, 0.15) is 48.0 Å². The third-order valence-corrected chi connectivity index (χ3v) is 10.9. The molecule has 0 spiro atoms. The van der Waals surface area contributed by atoms with Crippen molar-refractivity contribution in [2.24, 2.45) is 17.4 Å². The summed E-state index contributed by atoms with van der Waals surface area (Å²) in [5.74, 6) is -9.65. The van der Waals surface area contributed by atoms with Crippen LogP contribution in [0.3, 0.4) is 0 Å². The van der Waals surface area contributed by atoms with Crippen LogP contribution in [0.2, 0.25) is 0 Å². The van der Waals surface area contributed by atoms with Gasteiger partial charge in [0.2, 0.25) is 41.4 Å². The fourth-order valence-electron chi connectivity index (χ4n) is 5.66. The molecule has 360 valence electrons. The van der Waals surface area contributed by atoms with Crippen LogP contribution in [0.5, 0.6) is 5.75 Å². The maximum Gasteiger partial charge on any atom is 0.327 e. The number of aliphatic hydroxyl groups is 1. The molecular weight excluding hydrogens is 899 g/mol. The van der Waals surface area contributed by atoms with E-state index in [0.717, 1.165) is 0 Å². The highest BCUT2D eigenvalue weighted by Gasteiger charge is 2.34. The average molecular weight is 962 g/mol. The Labute approximate surface area is 386 Å². The van der Waals surface area contributed by atoms with Crippen molar-refractivity contribution in [2.75, 3.05) is 36.7 Å². The summed E-state index contributed by atoms with van der Waals surface area (Å²) in [6, 6.07) is -5.55. The minimum absolute atomic E-state index is 0.0531. The molecule has 0 radical (unpaired) electrons. The first-order chi connectivity index (χ1) is 30.2. The van der Waals surface area contributed by atoms with Crippen LogP contribution >= 0.6 is 37.0 Å². The molecule has 7 amide bonds. The summed E-state index contributed by atoms with van der Waals surface area (Å²) in [7, 11) is 0. The normalized spacial score (nSPS) is 14.8. The summed E-state index contributed by atoms with van der Waals surface area (Å²) in [5.41, 5.74) is 12.0. The molecule has 0 saturated heterocycles. The zero-order chi connectivity index (χ0) is 48.5. The molecule has 0 saturated carbocycles. The number of rotatable bonds is 31. The number of nitrogens with one attached hydrogen (secondary N) is 7. The molecule has 15 N–H and O–H groups in total. The number of aliphatic carboxylic acids is 2. The van der Waals surface area contributed by atoms with Crippen molar-refractivity contribution >= 4 is 90.3 Å². The van der Waals surface area contributed by atoms with Crippen molar-refractivity contribution in [3.63, 3.8) is 0 Å². The number of unbranched alkanes of at least 4 members (excludes halogenated alkanes) is 1. The van der Waals surface area contributed by atoms with Gasteiger partial charge in [-0.2, -0.15) is 37.0 Å². The number of carbonyl (C=O) groups excluding carboxylic acids is 7. The third-order valence-electron chi connectivity index (χ3n) is 9.56. The Morgan fingerprint density at radius 3 is 1.55 bits per heavy atom. The second kappa shape index (κ2) is 30.3. The molecule has 1 aromatic carbocycles. The van der Waals surface area contributed by atoms with E-state index >= 15 is 0 Å². The van der Waals surface area contributed by atoms with E-state index in [0.29, 0.717) is 24.2 Å². The number of carboxylic acids is 2. The van der Waals surface area contributed by atoms with E-state index in [4.69, 9.17) is 11.5 Å². The first-order valence-electron chi connectivity index (χ1n) is 20.3. The first kappa shape index (κ1) is 57.2. The fraction of sp³-hybridized carbons (Fsp3) is 0.615. The van der Waals surface area contributed by atoms with Crippen molar-refractivity contribution < 1.29 is 63.6 Å². The Kier molecular flexibility index (Phi) is 27.1. The Bertz CT molecular complexity index is 1730. The Balaban J connectivity index is 3.28. The Hall–Kier alpha value is -4.82. The van der Waals surface area contributed by atoms with Crippen LogP contribution in [0.1, 0.15) is 57.9 Å². The minimum Gasteiger partial charge on any atom is -0.508 e. The van der Waals surface area contributed by atoms with Crippen LogP contribution in [-0.2, 0) is 49.6 Å². The van der Waals surface area contributed by atoms with Crippen LogP contribution < -0.4 is 48.7 Å². The smallest absolute Gasteiger partial charge is 0.327 e. The molecule has 0 aliphatic rings. The summed E-state index contributed by atoms with van der Waals surface area (Å²) in [6.07, 6.45) is 1.50. The molecule has 0 aliphatic carbocycles. The highest BCUT2D eigenvalue weighted by Crippen LogP contribution is 2.13. The topological polar surface area (TPSA) is 371 Å². The van der Waals surface area contributed by atoms with E-state index in [1.165, 1.54) is 36.0 Å². The lowest BCUT2D eigenvalue weighted by Gasteiger charge is -2.27. The molecule has 1 rings (SSSR count). The van der Waals surface area contributed by atoms with E-state index in [1.807, 2.05) is 6.26 Å². The van der Waals surface area contributed by atoms with Gasteiger partial charge in [-0.25, -0.2) is 4.79 Å². The maximum atomic E-state index is 13.7. The number of hydrogen-bond donors (Lipinski definition) is 15. The van der Waals surface area contributed by atoms with Gasteiger partial charge in [0.15, 0.2) is 0 Å². The molecular formula is C39H63N9O13S3. The molecule has 0 aliphatic heterocycles. The van der Waals surface area contributed by atoms with Gasteiger partial charge < -0.3 is 69.1 Å². The average Bonchev–Trinajstić information content (AvgIpc) is 3.25. The van der Waals surface area contributed by atoms with Gasteiger partial charge in [0.05, 0.1) is 12.6 Å². The van der Waals surface area contributed by atoms with E-state index in [1.54, 1.807) is 13.8 Å². The molecule has 8 atom stereocenters. The lowest BCUT2D eigenvalue weighted by Crippen LogP contribution is -2.61. The summed E-state index contributed by atoms with van der Waals surface area (Å²) in [6.45, 7) is 2.77. The molecule has 0 bridgehead atoms. The Morgan fingerprint density at radius 1 is 0.625 bits per heavy atom. The number of nitrogens with two attached hydrogens (primary N) is 2. The first-order valence-corrected chi connectivity index (χ1v) is 23.0. The number of thiol groups is 2. The zero-order valence-corrected chi connectivity index (χ0v) is 38.5. The highest BCUT2D eigenvalue weighted by atomic mass is 32.2. The number of aliphatic hydroxyl groups excluding tert-OH is 1. The molecule has 0 unspecified atom stereocenters. The predicted octanol–water partition coefficient (Wildman–Crippen LogP) is -3.01. The van der Waals surface area contributed by atoms with Gasteiger partial charge in [-0.05, 0) is 74.3 Å². The van der Waals surface area contributed by atoms with Crippen LogP contribution in [0.4, 0.5) is 0 Å². The highest BCUT2D eigenvalue weighted by molar-refractivity contribution is 7.98. The number of carboxylic acid groups (broad SMARTS) is 2. The third kappa shape index (κ3) is 20.8. The second-order valence-electron chi connectivity index (χ2n) is 15.0. The number of hydrogen-bond acceptors (Lipinski definition) is 16.